The number of anilines is 2. The Balaban J connectivity index is 0.000000228. The van der Waals surface area contributed by atoms with Crippen molar-refractivity contribution in [1.82, 2.24) is 0 Å². The molecule has 0 atom stereocenters. The number of carboxylic acid groups (broad SMARTS) is 2. The Hall–Kier alpha value is -6.90. The third-order valence-electron chi connectivity index (χ3n) is 9.02. The van der Waals surface area contributed by atoms with Gasteiger partial charge in [0.1, 0.15) is 0 Å². The fourth-order valence-electron chi connectivity index (χ4n) is 6.01. The van der Waals surface area contributed by atoms with Crippen molar-refractivity contribution in [2.24, 2.45) is 0 Å². The van der Waals surface area contributed by atoms with E-state index < -0.39 is 32.0 Å². The lowest BCUT2D eigenvalue weighted by Crippen LogP contribution is -2.13. The fourth-order valence-corrected chi connectivity index (χ4v) is 7.93. The van der Waals surface area contributed by atoms with Gasteiger partial charge in [-0.05, 0) is 120 Å². The molecule has 0 bridgehead atoms. The van der Waals surface area contributed by atoms with E-state index in [-0.39, 0.29) is 16.0 Å². The zero-order valence-electron chi connectivity index (χ0n) is 32.8. The van der Waals surface area contributed by atoms with Crippen molar-refractivity contribution in [3.63, 3.8) is 0 Å². The van der Waals surface area contributed by atoms with E-state index in [2.05, 4.69) is 9.44 Å². The van der Waals surface area contributed by atoms with E-state index in [1.54, 1.807) is 78.9 Å². The van der Waals surface area contributed by atoms with Crippen LogP contribution in [0.15, 0.2) is 156 Å². The predicted octanol–water partition coefficient (Wildman–Crippen LogP) is 8.57. The number of sulfonamides is 2. The average molecular weight is 849 g/mol. The number of carboxylic acids is 2. The Bertz CT molecular complexity index is 2680. The number of benzene rings is 6. The maximum atomic E-state index is 12.8. The molecule has 0 aliphatic heterocycles. The average Bonchev–Trinajstić information content (AvgIpc) is 3.24. The van der Waals surface area contributed by atoms with Crippen molar-refractivity contribution in [3.05, 3.63) is 190 Å². The second-order valence-corrected chi connectivity index (χ2v) is 16.6. The van der Waals surface area contributed by atoms with E-state index in [4.69, 9.17) is 19.7 Å². The van der Waals surface area contributed by atoms with Gasteiger partial charge < -0.3 is 19.7 Å². The van der Waals surface area contributed by atoms with Gasteiger partial charge in [0, 0.05) is 17.4 Å². The third kappa shape index (κ3) is 13.3. The molecule has 0 aromatic heterocycles. The van der Waals surface area contributed by atoms with Crippen LogP contribution < -0.4 is 18.9 Å². The predicted molar refractivity (Wildman–Crippen MR) is 233 cm³/mol. The normalized spacial score (nSPS) is 11.2. The van der Waals surface area contributed by atoms with Gasteiger partial charge in [-0.3, -0.25) is 9.44 Å². The van der Waals surface area contributed by atoms with Crippen LogP contribution >= 0.6 is 0 Å². The van der Waals surface area contributed by atoms with Gasteiger partial charge >= 0.3 is 11.9 Å². The van der Waals surface area contributed by atoms with Gasteiger partial charge in [-0.1, -0.05) is 78.9 Å². The summed E-state index contributed by atoms with van der Waals surface area (Å²) in [6, 6.07) is 41.5. The molecular weight excluding hydrogens is 805 g/mol. The fraction of sp³-hybridized carbons (Fsp3) is 0.130. The van der Waals surface area contributed by atoms with E-state index in [9.17, 15) is 26.4 Å². The van der Waals surface area contributed by atoms with Crippen molar-refractivity contribution < 1.29 is 46.1 Å². The molecule has 12 nitrogen and oxygen atoms in total. The molecular formula is C46H44N2O10S2. The highest BCUT2D eigenvalue weighted by Gasteiger charge is 2.18. The highest BCUT2D eigenvalue weighted by Crippen LogP contribution is 2.30. The first-order valence-electron chi connectivity index (χ1n) is 18.6. The van der Waals surface area contributed by atoms with Crippen LogP contribution in [0.5, 0.6) is 11.5 Å². The molecule has 0 fully saturated rings. The zero-order chi connectivity index (χ0) is 43.1. The van der Waals surface area contributed by atoms with Crippen molar-refractivity contribution in [2.75, 3.05) is 23.7 Å². The Kier molecular flexibility index (Phi) is 15.2. The van der Waals surface area contributed by atoms with Crippen molar-refractivity contribution in [3.8, 4) is 11.5 Å². The van der Waals surface area contributed by atoms with Crippen LogP contribution in [0.3, 0.4) is 0 Å². The van der Waals surface area contributed by atoms with Gasteiger partial charge in [0.05, 0.1) is 35.7 Å². The number of ether oxygens (including phenoxy) is 2. The first-order valence-corrected chi connectivity index (χ1v) is 21.6. The molecule has 6 rings (SSSR count). The van der Waals surface area contributed by atoms with Crippen molar-refractivity contribution >= 4 is 49.4 Å². The number of methoxy groups -OCH3 is 2. The topological polar surface area (TPSA) is 185 Å². The molecule has 4 N–H and O–H groups in total. The molecule has 0 saturated carbocycles. The third-order valence-corrected chi connectivity index (χ3v) is 11.4. The van der Waals surface area contributed by atoms with Crippen LogP contribution in [0.25, 0.3) is 6.08 Å². The van der Waals surface area contributed by atoms with Crippen LogP contribution in [0.4, 0.5) is 11.4 Å². The molecule has 60 heavy (non-hydrogen) atoms. The maximum absolute atomic E-state index is 12.8. The number of rotatable bonds is 17. The SMILES string of the molecule is COc1ccc(S(=O)(=O)Nc2cccc(CCc3cccc(C(=O)O)c3)c2)cc1OC.O=C(O)c1cccc(CCc2cccc(NS(=O)(=O)/C=C/c3ccccc3)c2)c1. The maximum Gasteiger partial charge on any atom is 0.335 e. The number of nitrogens with one attached hydrogen (secondary N) is 2. The second-order valence-electron chi connectivity index (χ2n) is 13.4. The second kappa shape index (κ2) is 20.7. The lowest BCUT2D eigenvalue weighted by atomic mass is 10.0. The Labute approximate surface area is 349 Å². The number of hydrogen-bond acceptors (Lipinski definition) is 8. The summed E-state index contributed by atoms with van der Waals surface area (Å²) < 4.78 is 65.7. The molecule has 0 spiro atoms. The van der Waals surface area contributed by atoms with Crippen molar-refractivity contribution in [1.29, 1.82) is 0 Å². The highest BCUT2D eigenvalue weighted by molar-refractivity contribution is 7.95. The smallest absolute Gasteiger partial charge is 0.335 e. The minimum atomic E-state index is -3.82. The van der Waals surface area contributed by atoms with E-state index >= 15 is 0 Å². The Morgan fingerprint density at radius 1 is 0.533 bits per heavy atom. The minimum Gasteiger partial charge on any atom is -0.493 e. The van der Waals surface area contributed by atoms with Gasteiger partial charge in [0.2, 0.25) is 0 Å². The van der Waals surface area contributed by atoms with E-state index in [0.29, 0.717) is 48.6 Å². The minimum absolute atomic E-state index is 0.0565. The monoisotopic (exact) mass is 848 g/mol. The number of aromatic carboxylic acids is 2. The standard InChI is InChI=1S/C23H23NO6S.C23H21NO4S/c1-29-21-12-11-20(15-22(21)30-2)31(27,28)24-19-8-4-6-17(14-19)10-9-16-5-3-7-18(13-16)23(25)26;25-23(26)21-10-4-8-19(16-21)12-13-20-9-5-11-22(17-20)24-29(27,28)15-14-18-6-2-1-3-7-18/h3-8,11-15,24H,9-10H2,1-2H3,(H,25,26);1-11,14-17,24H,12-13H2,(H,25,26)/b;15-14+. The van der Waals surface area contributed by atoms with Crippen LogP contribution in [0, 0.1) is 0 Å². The summed E-state index contributed by atoms with van der Waals surface area (Å²) in [4.78, 5) is 22.3. The molecule has 310 valence electrons. The summed E-state index contributed by atoms with van der Waals surface area (Å²) in [5.41, 5.74) is 5.92. The van der Waals surface area contributed by atoms with E-state index in [1.807, 2.05) is 54.6 Å². The number of aryl methyl sites for hydroxylation is 4. The van der Waals surface area contributed by atoms with E-state index in [0.717, 1.165) is 33.2 Å². The van der Waals surface area contributed by atoms with Gasteiger partial charge in [-0.2, -0.15) is 0 Å². The zero-order valence-corrected chi connectivity index (χ0v) is 34.4. The molecule has 0 radical (unpaired) electrons. The first kappa shape index (κ1) is 44.2. The summed E-state index contributed by atoms with van der Waals surface area (Å²) in [6.45, 7) is 0. The summed E-state index contributed by atoms with van der Waals surface area (Å²) in [6.07, 6.45) is 4.13. The summed E-state index contributed by atoms with van der Waals surface area (Å²) in [5.74, 6) is -1.15. The Morgan fingerprint density at radius 3 is 1.48 bits per heavy atom. The number of carbonyl (C=O) groups is 2. The largest absolute Gasteiger partial charge is 0.493 e. The Morgan fingerprint density at radius 2 is 1.00 bits per heavy atom. The molecule has 0 heterocycles. The molecule has 0 aliphatic carbocycles. The highest BCUT2D eigenvalue weighted by atomic mass is 32.2. The van der Waals surface area contributed by atoms with Gasteiger partial charge in [-0.15, -0.1) is 0 Å². The number of hydrogen-bond donors (Lipinski definition) is 4. The molecule has 0 aliphatic rings. The summed E-state index contributed by atoms with van der Waals surface area (Å²) >= 11 is 0. The molecule has 0 saturated heterocycles. The lowest BCUT2D eigenvalue weighted by molar-refractivity contribution is 0.0686. The molecule has 6 aromatic rings. The van der Waals surface area contributed by atoms with Crippen LogP contribution in [0.2, 0.25) is 0 Å². The summed E-state index contributed by atoms with van der Waals surface area (Å²) in [7, 11) is -4.53. The first-order chi connectivity index (χ1) is 28.7. The molecule has 6 aromatic carbocycles. The van der Waals surface area contributed by atoms with Gasteiger partial charge in [0.25, 0.3) is 20.0 Å². The van der Waals surface area contributed by atoms with Crippen LogP contribution in [-0.4, -0.2) is 53.2 Å². The molecule has 0 amide bonds. The van der Waals surface area contributed by atoms with Crippen molar-refractivity contribution in [2.45, 2.75) is 30.6 Å². The van der Waals surface area contributed by atoms with Crippen LogP contribution in [0.1, 0.15) is 48.5 Å². The van der Waals surface area contributed by atoms with Gasteiger partial charge in [-0.25, -0.2) is 26.4 Å². The quantitative estimate of drug-likeness (QED) is 0.0693. The lowest BCUT2D eigenvalue weighted by Gasteiger charge is -2.12. The van der Waals surface area contributed by atoms with Crippen LogP contribution in [-0.2, 0) is 45.7 Å². The van der Waals surface area contributed by atoms with E-state index in [1.165, 1.54) is 32.4 Å². The molecule has 14 heteroatoms. The van der Waals surface area contributed by atoms with Gasteiger partial charge in [0.15, 0.2) is 11.5 Å². The molecule has 0 unspecified atom stereocenters. The summed E-state index contributed by atoms with van der Waals surface area (Å²) in [5, 5.41) is 19.3.